The molecular weight excluding hydrogens is 1780 g/mol. The predicted octanol–water partition coefficient (Wildman–Crippen LogP) is 15.0. The van der Waals surface area contributed by atoms with Crippen molar-refractivity contribution in [1.82, 2.24) is 58.9 Å². The van der Waals surface area contributed by atoms with Crippen molar-refractivity contribution < 1.29 is 64.5 Å². The van der Waals surface area contributed by atoms with Crippen molar-refractivity contribution in [2.24, 2.45) is 17.8 Å². The number of aromatic nitrogens is 8. The second-order valence-electron chi connectivity index (χ2n) is 38.4. The number of Topliss-reactive ketones (excluding diaryl/α,β-unsaturated/α-hetero) is 4. The second kappa shape index (κ2) is 48.4. The minimum absolute atomic E-state index is 0.0116. The molecule has 8 aromatic rings. The number of ketones is 4. The Bertz CT molecular complexity index is 5640. The average molecular weight is 1920 g/mol. The molecule has 4 aromatic heterocycles. The van der Waals surface area contributed by atoms with Crippen LogP contribution in [0.4, 0.5) is 59.7 Å². The minimum atomic E-state index is -4.45. The van der Waals surface area contributed by atoms with Crippen LogP contribution in [0, 0.1) is 17.8 Å². The lowest BCUT2D eigenvalue weighted by atomic mass is 9.95. The molecule has 17 rings (SSSR count). The number of hydrogen-bond donors (Lipinski definition) is 4. The van der Waals surface area contributed by atoms with Gasteiger partial charge in [0.25, 0.3) is 0 Å². The largest absolute Gasteiger partial charge is 0.463 e. The molecule has 10 heterocycles. The van der Waals surface area contributed by atoms with Crippen molar-refractivity contribution in [2.75, 3.05) is 134 Å². The first-order valence-electron chi connectivity index (χ1n) is 49.8. The van der Waals surface area contributed by atoms with Crippen molar-refractivity contribution in [3.63, 3.8) is 0 Å². The maximum absolute atomic E-state index is 13.7. The van der Waals surface area contributed by atoms with Crippen molar-refractivity contribution >= 4 is 85.6 Å². The zero-order valence-corrected chi connectivity index (χ0v) is 82.0. The number of likely N-dealkylation sites (tertiary alicyclic amines) is 2. The number of nitrogen functional groups attached to an aromatic ring is 4. The third-order valence-corrected chi connectivity index (χ3v) is 28.1. The fourth-order valence-corrected chi connectivity index (χ4v) is 19.8. The van der Waals surface area contributed by atoms with E-state index < -0.39 is 21.8 Å². The van der Waals surface area contributed by atoms with Crippen LogP contribution in [0.3, 0.4) is 0 Å². The number of rotatable bonds is 37. The molecule has 35 heteroatoms. The van der Waals surface area contributed by atoms with Crippen molar-refractivity contribution in [2.45, 2.75) is 266 Å². The van der Waals surface area contributed by atoms with Crippen LogP contribution < -0.4 is 61.5 Å². The number of benzene rings is 4. The Balaban J connectivity index is 0.000000147. The van der Waals surface area contributed by atoms with E-state index in [0.29, 0.717) is 186 Å². The SMILES string of the molecule is CCCCOc1nc(N)c2c(n1)N(Cc1cc(CN3CCCC3)cc(C(F)(F)F)c1)CCC(=O)C2.CCCCOc1nc(N)c2c(n1)N(Cc1cccc(CN(CC3CC3)C(C)=O)c1)CCC(=O)C2.CCCCOc1nc(N)c2c(n1)N(Cc1cccc(CN(CC3CC3)S(C)(=O)=O)c1)CCC(=O)C2.CCCCOc1nc(N)c2c(n1)N(Cc1cccc(CN3CCCC3)c1)C1CCCC1C(=O)C2. The summed E-state index contributed by atoms with van der Waals surface area (Å²) in [6.45, 7) is 23.4. The van der Waals surface area contributed by atoms with Gasteiger partial charge in [-0.05, 0) is 185 Å². The van der Waals surface area contributed by atoms with E-state index in [9.17, 15) is 45.6 Å². The lowest BCUT2D eigenvalue weighted by molar-refractivity contribution is -0.137. The van der Waals surface area contributed by atoms with E-state index in [0.717, 1.165) is 156 Å². The molecule has 6 aliphatic heterocycles. The highest BCUT2D eigenvalue weighted by Crippen LogP contribution is 2.43. The lowest BCUT2D eigenvalue weighted by Crippen LogP contribution is -2.39. The zero-order valence-electron chi connectivity index (χ0n) is 81.2. The number of sulfonamides is 1. The van der Waals surface area contributed by atoms with Gasteiger partial charge in [-0.1, -0.05) is 139 Å². The summed E-state index contributed by atoms with van der Waals surface area (Å²) in [7, 11) is -3.29. The van der Waals surface area contributed by atoms with Crippen molar-refractivity contribution in [3.8, 4) is 24.0 Å². The highest BCUT2D eigenvalue weighted by atomic mass is 32.2. The summed E-state index contributed by atoms with van der Waals surface area (Å²) in [6.07, 6.45) is 18.6. The van der Waals surface area contributed by atoms with Crippen LogP contribution in [-0.2, 0) is 118 Å². The molecule has 0 spiro atoms. The standard InChI is InChI=1S/C27H37N5O2.C26H35N5O3.C25H32F3N5O2.C25H35N5O4S/c1-2-3-14-34-27-29-25(28)22-16-24(33)21-10-7-11-23(21)32(26(22)30-27)18-20-9-6-8-19(15-20)17-31-12-4-5-13-31;1-3-4-12-34-26-28-24(27)23-14-22(33)10-11-30(25(23)29-26)16-20-6-5-7-21(13-20)17-31(18(2)32)15-19-8-9-19;1-2-3-10-35-24-30-22(29)21-14-20(34)6-9-33(23(21)31-24)16-18-11-17(15-32-7-4-5-8-32)12-19(13-18)25(26,27)28;1-3-4-12-34-25-27-23(26)22-14-21(31)10-11-29(24(22)28-25)15-19-6-5-7-20(13-19)17-30(35(2,32)33)16-18-8-9-18/h6,8-9,15,21,23H,2-5,7,10-14,16-18H2,1H3,(H2,28,29,30);5-7,13,19H,3-4,8-12,14-17H2,1-2H3,(H2,27,28,29);11-13H,2-10,14-16H2,1H3,(H2,29,30,31);5-7,13,18H,3-4,8-12,14-17H2,1-2H3,(H2,26,27,28). The molecule has 0 bridgehead atoms. The maximum Gasteiger partial charge on any atom is 0.416 e. The Morgan fingerprint density at radius 1 is 0.428 bits per heavy atom. The topological polar surface area (TPSA) is 390 Å². The van der Waals surface area contributed by atoms with Gasteiger partial charge >= 0.3 is 30.2 Å². The number of ether oxygens (including phenoxy) is 4. The van der Waals surface area contributed by atoms with E-state index in [4.69, 9.17) is 46.9 Å². The van der Waals surface area contributed by atoms with Crippen LogP contribution in [0.2, 0.25) is 0 Å². The molecule has 1 amide bonds. The van der Waals surface area contributed by atoms with Gasteiger partial charge in [-0.3, -0.25) is 33.8 Å². The number of fused-ring (bicyclic) bond motifs is 5. The quantitative estimate of drug-likeness (QED) is 0.0263. The number of unbranched alkanes of at least 4 members (excludes halogenated alkanes) is 4. The first kappa shape index (κ1) is 102. The van der Waals surface area contributed by atoms with Crippen LogP contribution in [0.1, 0.15) is 248 Å². The predicted molar refractivity (Wildman–Crippen MR) is 528 cm³/mol. The number of nitrogens with zero attached hydrogens (tertiary/aromatic N) is 16. The molecule has 0 radical (unpaired) electrons. The number of hydrogen-bond acceptors (Lipinski definition) is 29. The van der Waals surface area contributed by atoms with Gasteiger partial charge in [0.15, 0.2) is 0 Å². The molecule has 9 aliphatic rings. The highest BCUT2D eigenvalue weighted by Gasteiger charge is 2.43. The fraction of sp³-hybridized carbons (Fsp3) is 0.563. The summed E-state index contributed by atoms with van der Waals surface area (Å²) in [6, 6.07) is 30.4. The molecule has 3 saturated carbocycles. The molecule has 8 N–H and O–H groups in total. The smallest absolute Gasteiger partial charge is 0.416 e. The molecule has 744 valence electrons. The molecular formula is C103H139F3N20O11S. The van der Waals surface area contributed by atoms with E-state index in [1.807, 2.05) is 58.0 Å². The van der Waals surface area contributed by atoms with E-state index in [1.165, 1.54) is 68.3 Å². The number of nitrogens with two attached hydrogens (primary N) is 4. The minimum Gasteiger partial charge on any atom is -0.463 e. The molecule has 5 fully saturated rings. The normalized spacial score (nSPS) is 17.8. The average Bonchev–Trinajstić information content (AvgIpc) is 1.58. The zero-order chi connectivity index (χ0) is 97.6. The van der Waals surface area contributed by atoms with Gasteiger partial charge < -0.3 is 66.4 Å². The molecule has 138 heavy (non-hydrogen) atoms. The summed E-state index contributed by atoms with van der Waals surface area (Å²) < 4.78 is 90.3. The Morgan fingerprint density at radius 3 is 1.19 bits per heavy atom. The van der Waals surface area contributed by atoms with Gasteiger partial charge in [-0.2, -0.15) is 57.3 Å². The Kier molecular flexibility index (Phi) is 36.0. The van der Waals surface area contributed by atoms with Crippen molar-refractivity contribution in [1.29, 1.82) is 0 Å². The molecule has 31 nitrogen and oxygen atoms in total. The van der Waals surface area contributed by atoms with Crippen molar-refractivity contribution in [3.05, 3.63) is 163 Å². The van der Waals surface area contributed by atoms with Crippen LogP contribution in [-0.4, -0.2) is 194 Å². The number of anilines is 8. The van der Waals surface area contributed by atoms with E-state index >= 15 is 0 Å². The Hall–Kier alpha value is -11.4. The van der Waals surface area contributed by atoms with Gasteiger partial charge in [-0.25, -0.2) is 8.42 Å². The van der Waals surface area contributed by atoms with Crippen LogP contribution in [0.5, 0.6) is 24.0 Å². The number of amides is 1. The second-order valence-corrected chi connectivity index (χ2v) is 40.4. The third kappa shape index (κ3) is 29.1. The molecule has 3 aliphatic carbocycles. The monoisotopic (exact) mass is 1920 g/mol. The molecule has 2 unspecified atom stereocenters. The van der Waals surface area contributed by atoms with Gasteiger partial charge in [0, 0.05) is 171 Å². The van der Waals surface area contributed by atoms with E-state index in [-0.39, 0.29) is 103 Å². The molecule has 4 aromatic carbocycles. The number of carbonyl (C=O) groups excluding carboxylic acids is 5. The number of halogens is 3. The van der Waals surface area contributed by atoms with Crippen LogP contribution >= 0.6 is 0 Å². The van der Waals surface area contributed by atoms with E-state index in [2.05, 4.69) is 118 Å². The highest BCUT2D eigenvalue weighted by molar-refractivity contribution is 7.88. The first-order chi connectivity index (χ1) is 66.5. The fourth-order valence-electron chi connectivity index (χ4n) is 18.9. The summed E-state index contributed by atoms with van der Waals surface area (Å²) in [5, 5.41) is 0. The van der Waals surface area contributed by atoms with Crippen LogP contribution in [0.25, 0.3) is 0 Å². The third-order valence-electron chi connectivity index (χ3n) is 26.8. The number of alkyl halides is 3. The van der Waals surface area contributed by atoms with Crippen LogP contribution in [0.15, 0.2) is 91.0 Å². The number of carbonyl (C=O) groups is 5. The van der Waals surface area contributed by atoms with Gasteiger partial charge in [0.05, 0.1) is 38.2 Å². The maximum atomic E-state index is 13.7. The summed E-state index contributed by atoms with van der Waals surface area (Å²) in [5.74, 6) is 5.42. The van der Waals surface area contributed by atoms with Gasteiger partial charge in [-0.15, -0.1) is 0 Å². The first-order valence-corrected chi connectivity index (χ1v) is 51.7. The van der Waals surface area contributed by atoms with Gasteiger partial charge in [0.1, 0.15) is 69.7 Å². The Labute approximate surface area is 810 Å². The summed E-state index contributed by atoms with van der Waals surface area (Å²) in [5.41, 5.74) is 34.8. The molecule has 2 saturated heterocycles. The summed E-state index contributed by atoms with van der Waals surface area (Å²) in [4.78, 5) is 113. The molecule has 2 atom stereocenters. The lowest BCUT2D eigenvalue weighted by Gasteiger charge is -2.32. The Morgan fingerprint density at radius 2 is 0.783 bits per heavy atom. The van der Waals surface area contributed by atoms with E-state index in [1.54, 1.807) is 11.2 Å². The summed E-state index contributed by atoms with van der Waals surface area (Å²) >= 11 is 0. The van der Waals surface area contributed by atoms with Gasteiger partial charge in [0.2, 0.25) is 15.9 Å².